The number of aromatic hydroxyl groups is 1. The zero-order valence-electron chi connectivity index (χ0n) is 21.8. The van der Waals surface area contributed by atoms with Crippen molar-refractivity contribution in [2.75, 3.05) is 13.6 Å². The third-order valence-electron chi connectivity index (χ3n) is 6.92. The van der Waals surface area contributed by atoms with Crippen molar-refractivity contribution in [1.82, 2.24) is 24.8 Å². The smallest absolute Gasteiger partial charge is 0.417 e. The molecule has 3 aromatic heterocycles. The lowest BCUT2D eigenvalue weighted by Gasteiger charge is -2.38. The van der Waals surface area contributed by atoms with Gasteiger partial charge in [0.1, 0.15) is 12.1 Å². The Balaban J connectivity index is 1.65. The first-order valence-corrected chi connectivity index (χ1v) is 12.4. The maximum Gasteiger partial charge on any atom is 0.417 e. The number of hydrogen-bond donors (Lipinski definition) is 3. The Hall–Kier alpha value is -3.50. The van der Waals surface area contributed by atoms with Gasteiger partial charge in [0.2, 0.25) is 0 Å². The van der Waals surface area contributed by atoms with Crippen molar-refractivity contribution in [2.24, 2.45) is 0 Å². The number of alkyl halides is 3. The average Bonchev–Trinajstić information content (AvgIpc) is 3.24. The van der Waals surface area contributed by atoms with E-state index in [4.69, 9.17) is 0 Å². The van der Waals surface area contributed by atoms with Crippen LogP contribution in [0, 0.1) is 0 Å². The van der Waals surface area contributed by atoms with E-state index < -0.39 is 30.0 Å². The van der Waals surface area contributed by atoms with Crippen molar-refractivity contribution in [3.05, 3.63) is 72.1 Å². The number of fused-ring (bicyclic) bond motifs is 1. The van der Waals surface area contributed by atoms with E-state index in [9.17, 15) is 23.4 Å². The lowest BCUT2D eigenvalue weighted by atomic mass is 9.72. The second-order valence-corrected chi connectivity index (χ2v) is 10.5. The van der Waals surface area contributed by atoms with Gasteiger partial charge in [-0.25, -0.2) is 15.0 Å². The van der Waals surface area contributed by atoms with Crippen molar-refractivity contribution < 1.29 is 23.4 Å². The van der Waals surface area contributed by atoms with Crippen LogP contribution in [0.15, 0.2) is 55.1 Å². The fraction of sp³-hybridized carbons (Fsp3) is 0.393. The molecule has 0 fully saturated rings. The summed E-state index contributed by atoms with van der Waals surface area (Å²) < 4.78 is 43.3. The molecule has 202 valence electrons. The summed E-state index contributed by atoms with van der Waals surface area (Å²) in [5.41, 5.74) is -0.558. The molecule has 1 unspecified atom stereocenters. The summed E-state index contributed by atoms with van der Waals surface area (Å²) in [5, 5.41) is 21.7. The zero-order chi connectivity index (χ0) is 27.7. The van der Waals surface area contributed by atoms with Gasteiger partial charge in [-0.3, -0.25) is 0 Å². The second kappa shape index (κ2) is 10.3. The second-order valence-electron chi connectivity index (χ2n) is 10.5. The molecule has 0 radical (unpaired) electrons. The number of nitrogens with zero attached hydrogens (tertiary/aromatic N) is 4. The fourth-order valence-corrected chi connectivity index (χ4v) is 4.79. The summed E-state index contributed by atoms with van der Waals surface area (Å²) in [6.07, 6.45) is -1.75. The van der Waals surface area contributed by atoms with Gasteiger partial charge in [-0.2, -0.15) is 13.2 Å². The van der Waals surface area contributed by atoms with Gasteiger partial charge in [0.25, 0.3) is 0 Å². The molecule has 0 aliphatic carbocycles. The quantitative estimate of drug-likeness (QED) is 0.270. The summed E-state index contributed by atoms with van der Waals surface area (Å²) in [5.74, 6) is -0.153. The van der Waals surface area contributed by atoms with Crippen LogP contribution in [0.4, 0.5) is 13.2 Å². The van der Waals surface area contributed by atoms with E-state index in [0.717, 1.165) is 12.2 Å². The largest absolute Gasteiger partial charge is 0.508 e. The molecule has 0 saturated heterocycles. The first-order valence-electron chi connectivity index (χ1n) is 12.4. The highest BCUT2D eigenvalue weighted by Crippen LogP contribution is 2.45. The van der Waals surface area contributed by atoms with Gasteiger partial charge in [0.15, 0.2) is 5.60 Å². The molecule has 3 heterocycles. The van der Waals surface area contributed by atoms with E-state index in [1.807, 2.05) is 20.0 Å². The minimum absolute atomic E-state index is 0.153. The van der Waals surface area contributed by atoms with Crippen LogP contribution in [0.3, 0.4) is 0 Å². The Labute approximate surface area is 219 Å². The highest BCUT2D eigenvalue weighted by molar-refractivity contribution is 5.76. The number of aliphatic hydroxyl groups is 1. The normalized spacial score (nSPS) is 14.2. The van der Waals surface area contributed by atoms with Crippen LogP contribution in [0.5, 0.6) is 5.75 Å². The molecule has 0 bridgehead atoms. The molecular formula is C28H32F3N5O2. The molecule has 7 nitrogen and oxygen atoms in total. The van der Waals surface area contributed by atoms with Crippen molar-refractivity contribution in [3.63, 3.8) is 0 Å². The Morgan fingerprint density at radius 2 is 1.71 bits per heavy atom. The van der Waals surface area contributed by atoms with Crippen LogP contribution in [0.2, 0.25) is 0 Å². The van der Waals surface area contributed by atoms with Crippen molar-refractivity contribution >= 4 is 11.0 Å². The van der Waals surface area contributed by atoms with Gasteiger partial charge in [-0.1, -0.05) is 26.8 Å². The maximum absolute atomic E-state index is 14.4. The van der Waals surface area contributed by atoms with Gasteiger partial charge < -0.3 is 20.1 Å². The summed E-state index contributed by atoms with van der Waals surface area (Å²) in [4.78, 5) is 17.6. The van der Waals surface area contributed by atoms with Gasteiger partial charge in [-0.05, 0) is 61.3 Å². The predicted molar refractivity (Wildman–Crippen MR) is 140 cm³/mol. The highest BCUT2D eigenvalue weighted by atomic mass is 19.4. The molecular weight excluding hydrogens is 495 g/mol. The van der Waals surface area contributed by atoms with Crippen LogP contribution in [0.25, 0.3) is 22.2 Å². The van der Waals surface area contributed by atoms with Gasteiger partial charge >= 0.3 is 6.18 Å². The third kappa shape index (κ3) is 5.81. The predicted octanol–water partition coefficient (Wildman–Crippen LogP) is 5.38. The summed E-state index contributed by atoms with van der Waals surface area (Å²) in [6.45, 7) is 6.63. The summed E-state index contributed by atoms with van der Waals surface area (Å²) >= 11 is 0. The van der Waals surface area contributed by atoms with Crippen LogP contribution in [-0.4, -0.2) is 60.4 Å². The maximum atomic E-state index is 14.4. The van der Waals surface area contributed by atoms with E-state index in [1.54, 1.807) is 50.5 Å². The van der Waals surface area contributed by atoms with Crippen molar-refractivity contribution in [1.29, 1.82) is 0 Å². The summed E-state index contributed by atoms with van der Waals surface area (Å²) in [6, 6.07) is 9.88. The van der Waals surface area contributed by atoms with E-state index in [0.29, 0.717) is 28.7 Å². The molecule has 0 spiro atoms. The van der Waals surface area contributed by atoms with E-state index in [2.05, 4.69) is 24.8 Å². The SMILES string of the molecule is CCN(C)Cc1ccc2[nH]c(CC(O)(CC(C)(C)c3cc(-c4cncnc4)ccc3O)C(F)(F)F)cc2n1. The first-order chi connectivity index (χ1) is 17.8. The minimum atomic E-state index is -4.93. The van der Waals surface area contributed by atoms with Crippen LogP contribution >= 0.6 is 0 Å². The Morgan fingerprint density at radius 1 is 1.00 bits per heavy atom. The molecule has 1 atom stereocenters. The number of benzene rings is 1. The Morgan fingerprint density at radius 3 is 2.37 bits per heavy atom. The zero-order valence-corrected chi connectivity index (χ0v) is 21.8. The number of aromatic nitrogens is 4. The van der Waals surface area contributed by atoms with Crippen molar-refractivity contribution in [3.8, 4) is 16.9 Å². The van der Waals surface area contributed by atoms with E-state index in [-0.39, 0.29) is 17.0 Å². The number of phenolic OH excluding ortho intramolecular Hbond substituents is 1. The topological polar surface area (TPSA) is 98.2 Å². The number of rotatable bonds is 9. The van der Waals surface area contributed by atoms with Crippen LogP contribution in [-0.2, 0) is 18.4 Å². The number of H-pyrrole nitrogens is 1. The average molecular weight is 528 g/mol. The number of aromatic amines is 1. The van der Waals surface area contributed by atoms with Crippen molar-refractivity contribution in [2.45, 2.75) is 57.3 Å². The lowest BCUT2D eigenvalue weighted by Crippen LogP contribution is -2.50. The molecule has 4 rings (SSSR count). The minimum Gasteiger partial charge on any atom is -0.508 e. The molecule has 3 N–H and O–H groups in total. The fourth-order valence-electron chi connectivity index (χ4n) is 4.79. The highest BCUT2D eigenvalue weighted by Gasteiger charge is 2.56. The van der Waals surface area contributed by atoms with Gasteiger partial charge in [-0.15, -0.1) is 0 Å². The number of phenols is 1. The van der Waals surface area contributed by atoms with Crippen LogP contribution in [0.1, 0.15) is 44.1 Å². The number of hydrogen-bond acceptors (Lipinski definition) is 6. The molecule has 4 aromatic rings. The molecule has 10 heteroatoms. The van der Waals surface area contributed by atoms with Gasteiger partial charge in [0, 0.05) is 42.2 Å². The molecule has 38 heavy (non-hydrogen) atoms. The molecule has 1 aromatic carbocycles. The van der Waals surface area contributed by atoms with E-state index in [1.165, 1.54) is 12.4 Å². The lowest BCUT2D eigenvalue weighted by molar-refractivity contribution is -0.266. The number of pyridine rings is 1. The summed E-state index contributed by atoms with van der Waals surface area (Å²) in [7, 11) is 1.96. The number of nitrogens with one attached hydrogen (secondary N) is 1. The molecule has 0 amide bonds. The first kappa shape index (κ1) is 27.5. The monoisotopic (exact) mass is 527 g/mol. The van der Waals surface area contributed by atoms with E-state index >= 15 is 0 Å². The van der Waals surface area contributed by atoms with Gasteiger partial charge in [0.05, 0.1) is 16.7 Å². The molecule has 0 aliphatic heterocycles. The molecule has 0 aliphatic rings. The molecule has 0 saturated carbocycles. The number of halogens is 3. The standard InChI is InChI=1S/C28H32F3N5O2/c1-5-36(4)15-20-7-8-23-24(34-20)11-21(35-23)12-27(38,28(29,30)31)16-26(2,3)22-10-18(6-9-25(22)37)19-13-32-17-33-14-19/h6-11,13-14,17,35,37-38H,5,12,15-16H2,1-4H3. The van der Waals surface area contributed by atoms with Crippen LogP contribution < -0.4 is 0 Å². The Kier molecular flexibility index (Phi) is 7.49. The third-order valence-corrected chi connectivity index (χ3v) is 6.92. The Bertz CT molecular complexity index is 1400.